The molecule has 0 saturated carbocycles. The maximum Gasteiger partial charge on any atom is 0.0178 e. The third-order valence-electron chi connectivity index (χ3n) is 2.75. The summed E-state index contributed by atoms with van der Waals surface area (Å²) in [5, 5.41) is 0. The number of rotatable bonds is 5. The molecular weight excluding hydrogens is 218 g/mol. The van der Waals surface area contributed by atoms with Gasteiger partial charge in [-0.2, -0.15) is 0 Å². The summed E-state index contributed by atoms with van der Waals surface area (Å²) in [4.78, 5) is 0. The first-order valence-corrected chi connectivity index (χ1v) is 6.42. The lowest BCUT2D eigenvalue weighted by Crippen LogP contribution is -2.00. The summed E-state index contributed by atoms with van der Waals surface area (Å²) in [7, 11) is 0. The van der Waals surface area contributed by atoms with Gasteiger partial charge in [-0.25, -0.2) is 0 Å². The Kier molecular flexibility index (Phi) is 6.16. The average molecular weight is 241 g/mol. The highest BCUT2D eigenvalue weighted by molar-refractivity contribution is 5.41. The predicted octanol–water partition coefficient (Wildman–Crippen LogP) is 4.23. The molecule has 1 aliphatic carbocycles. The van der Waals surface area contributed by atoms with Crippen molar-refractivity contribution in [3.63, 3.8) is 0 Å². The SMILES string of the molecule is C=C(C)/C=C(\C=C/C1=CC(=C\C=C/C)/CC1)CN. The van der Waals surface area contributed by atoms with Gasteiger partial charge in [-0.05, 0) is 43.4 Å². The molecule has 0 atom stereocenters. The van der Waals surface area contributed by atoms with Crippen LogP contribution in [0.15, 0.2) is 71.4 Å². The van der Waals surface area contributed by atoms with Gasteiger partial charge in [0, 0.05) is 6.54 Å². The second-order valence-corrected chi connectivity index (χ2v) is 4.59. The molecule has 0 aromatic heterocycles. The van der Waals surface area contributed by atoms with Crippen molar-refractivity contribution in [1.29, 1.82) is 0 Å². The topological polar surface area (TPSA) is 26.0 Å². The Balaban J connectivity index is 2.71. The van der Waals surface area contributed by atoms with E-state index in [0.717, 1.165) is 24.0 Å². The van der Waals surface area contributed by atoms with Crippen molar-refractivity contribution in [3.8, 4) is 0 Å². The quantitative estimate of drug-likeness (QED) is 0.716. The third kappa shape index (κ3) is 5.15. The summed E-state index contributed by atoms with van der Waals surface area (Å²) >= 11 is 0. The monoisotopic (exact) mass is 241 g/mol. The van der Waals surface area contributed by atoms with Gasteiger partial charge in [0.1, 0.15) is 0 Å². The minimum absolute atomic E-state index is 0.553. The van der Waals surface area contributed by atoms with E-state index < -0.39 is 0 Å². The highest BCUT2D eigenvalue weighted by Gasteiger charge is 2.05. The minimum Gasteiger partial charge on any atom is -0.326 e. The van der Waals surface area contributed by atoms with Crippen LogP contribution in [0.1, 0.15) is 26.7 Å². The molecule has 0 aromatic rings. The molecular formula is C17H23N. The zero-order chi connectivity index (χ0) is 13.4. The molecule has 0 saturated heterocycles. The second-order valence-electron chi connectivity index (χ2n) is 4.59. The highest BCUT2D eigenvalue weighted by Crippen LogP contribution is 2.24. The van der Waals surface area contributed by atoms with E-state index in [2.05, 4.69) is 43.0 Å². The highest BCUT2D eigenvalue weighted by atomic mass is 14.5. The first-order chi connectivity index (χ1) is 8.65. The maximum atomic E-state index is 5.70. The Labute approximate surface area is 111 Å². The van der Waals surface area contributed by atoms with Crippen LogP contribution in [-0.2, 0) is 0 Å². The van der Waals surface area contributed by atoms with Crippen molar-refractivity contribution in [3.05, 3.63) is 71.4 Å². The molecule has 0 heterocycles. The number of hydrogen-bond acceptors (Lipinski definition) is 1. The van der Waals surface area contributed by atoms with E-state index in [1.165, 1.54) is 11.1 Å². The average Bonchev–Trinajstić information content (AvgIpc) is 2.79. The molecule has 1 rings (SSSR count). The van der Waals surface area contributed by atoms with Crippen molar-refractivity contribution < 1.29 is 0 Å². The molecule has 0 unspecified atom stereocenters. The predicted molar refractivity (Wildman–Crippen MR) is 81.3 cm³/mol. The van der Waals surface area contributed by atoms with Gasteiger partial charge in [0.05, 0.1) is 0 Å². The molecule has 0 bridgehead atoms. The van der Waals surface area contributed by atoms with Crippen LogP contribution in [0.4, 0.5) is 0 Å². The molecule has 0 radical (unpaired) electrons. The molecule has 0 aliphatic heterocycles. The summed E-state index contributed by atoms with van der Waals surface area (Å²) in [5.74, 6) is 0. The van der Waals surface area contributed by atoms with Crippen LogP contribution < -0.4 is 5.73 Å². The lowest BCUT2D eigenvalue weighted by molar-refractivity contribution is 1.03. The fourth-order valence-corrected chi connectivity index (χ4v) is 1.86. The molecule has 1 aliphatic rings. The lowest BCUT2D eigenvalue weighted by Gasteiger charge is -1.97. The summed E-state index contributed by atoms with van der Waals surface area (Å²) in [6.45, 7) is 8.44. The van der Waals surface area contributed by atoms with Crippen molar-refractivity contribution in [2.75, 3.05) is 6.54 Å². The van der Waals surface area contributed by atoms with Gasteiger partial charge in [0.25, 0.3) is 0 Å². The van der Waals surface area contributed by atoms with Crippen LogP contribution in [0.3, 0.4) is 0 Å². The summed E-state index contributed by atoms with van der Waals surface area (Å²) in [6, 6.07) is 0. The molecule has 1 heteroatoms. The van der Waals surface area contributed by atoms with E-state index in [9.17, 15) is 0 Å². The normalized spacial score (nSPS) is 19.2. The van der Waals surface area contributed by atoms with Crippen LogP contribution in [0, 0.1) is 0 Å². The smallest absolute Gasteiger partial charge is 0.0178 e. The first kappa shape index (κ1) is 14.5. The zero-order valence-electron chi connectivity index (χ0n) is 11.4. The van der Waals surface area contributed by atoms with E-state index in [4.69, 9.17) is 5.73 Å². The molecule has 0 amide bonds. The molecule has 0 spiro atoms. The lowest BCUT2D eigenvalue weighted by atomic mass is 10.1. The largest absolute Gasteiger partial charge is 0.326 e. The third-order valence-corrected chi connectivity index (χ3v) is 2.75. The fraction of sp³-hybridized carbons (Fsp3) is 0.294. The summed E-state index contributed by atoms with van der Waals surface area (Å²) in [5.41, 5.74) is 10.6. The number of hydrogen-bond donors (Lipinski definition) is 1. The summed E-state index contributed by atoms with van der Waals surface area (Å²) < 4.78 is 0. The minimum atomic E-state index is 0.553. The standard InChI is InChI=1S/C17H23N/c1-4-5-6-15-7-8-16(12-15)9-10-17(13-18)11-14(2)3/h4-6,9-12H,2,7-8,13,18H2,1,3H3/b5-4-,10-9-,15-6-,17-11+. The van der Waals surface area contributed by atoms with Crippen LogP contribution >= 0.6 is 0 Å². The van der Waals surface area contributed by atoms with Crippen molar-refractivity contribution in [2.45, 2.75) is 26.7 Å². The van der Waals surface area contributed by atoms with Gasteiger partial charge in [-0.1, -0.05) is 54.7 Å². The van der Waals surface area contributed by atoms with Gasteiger partial charge in [-0.15, -0.1) is 0 Å². The van der Waals surface area contributed by atoms with Crippen LogP contribution in [0.2, 0.25) is 0 Å². The van der Waals surface area contributed by atoms with Crippen LogP contribution in [0.5, 0.6) is 0 Å². The van der Waals surface area contributed by atoms with E-state index in [0.29, 0.717) is 6.54 Å². The maximum absolute atomic E-state index is 5.70. The Morgan fingerprint density at radius 1 is 1.44 bits per heavy atom. The van der Waals surface area contributed by atoms with Gasteiger partial charge in [0.15, 0.2) is 0 Å². The van der Waals surface area contributed by atoms with Gasteiger partial charge in [-0.3, -0.25) is 0 Å². The van der Waals surface area contributed by atoms with Crippen LogP contribution in [-0.4, -0.2) is 6.54 Å². The number of nitrogens with two attached hydrogens (primary N) is 1. The number of allylic oxidation sites excluding steroid dienone is 9. The first-order valence-electron chi connectivity index (χ1n) is 6.42. The molecule has 0 fully saturated rings. The molecule has 2 N–H and O–H groups in total. The zero-order valence-corrected chi connectivity index (χ0v) is 11.4. The molecule has 96 valence electrons. The molecule has 18 heavy (non-hydrogen) atoms. The van der Waals surface area contributed by atoms with Crippen LogP contribution in [0.25, 0.3) is 0 Å². The Bertz CT molecular complexity index is 442. The fourth-order valence-electron chi connectivity index (χ4n) is 1.86. The van der Waals surface area contributed by atoms with E-state index in [-0.39, 0.29) is 0 Å². The van der Waals surface area contributed by atoms with Gasteiger partial charge < -0.3 is 5.73 Å². The van der Waals surface area contributed by atoms with Gasteiger partial charge >= 0.3 is 0 Å². The van der Waals surface area contributed by atoms with E-state index in [1.807, 2.05) is 19.9 Å². The van der Waals surface area contributed by atoms with E-state index in [1.54, 1.807) is 0 Å². The Morgan fingerprint density at radius 2 is 2.22 bits per heavy atom. The van der Waals surface area contributed by atoms with E-state index >= 15 is 0 Å². The van der Waals surface area contributed by atoms with Gasteiger partial charge in [0.2, 0.25) is 0 Å². The van der Waals surface area contributed by atoms with Crippen molar-refractivity contribution >= 4 is 0 Å². The summed E-state index contributed by atoms with van der Waals surface area (Å²) in [6.07, 6.45) is 17.1. The molecule has 1 nitrogen and oxygen atoms in total. The van der Waals surface area contributed by atoms with Crippen molar-refractivity contribution in [1.82, 2.24) is 0 Å². The molecule has 0 aromatic carbocycles. The Hall–Kier alpha value is -1.60. The second kappa shape index (κ2) is 7.67. The van der Waals surface area contributed by atoms with Crippen molar-refractivity contribution in [2.24, 2.45) is 5.73 Å². The Morgan fingerprint density at radius 3 is 2.83 bits per heavy atom.